The summed E-state index contributed by atoms with van der Waals surface area (Å²) in [6.45, 7) is 3.67. The Hall–Kier alpha value is -2.33. The molecule has 4 nitrogen and oxygen atoms in total. The van der Waals surface area contributed by atoms with Crippen LogP contribution in [-0.4, -0.2) is 31.2 Å². The lowest BCUT2D eigenvalue weighted by Gasteiger charge is -2.25. The summed E-state index contributed by atoms with van der Waals surface area (Å²) in [4.78, 5) is 12.0. The van der Waals surface area contributed by atoms with E-state index in [0.29, 0.717) is 6.04 Å². The van der Waals surface area contributed by atoms with Crippen LogP contribution >= 0.6 is 0 Å². The average Bonchev–Trinajstić information content (AvgIpc) is 3.12. The topological polar surface area (TPSA) is 53.2 Å². The summed E-state index contributed by atoms with van der Waals surface area (Å²) < 4.78 is 0. The van der Waals surface area contributed by atoms with E-state index in [1.807, 2.05) is 0 Å². The second-order valence-corrected chi connectivity index (χ2v) is 7.00. The molecule has 3 N–H and O–H groups in total. The Bertz CT molecular complexity index is 635. The van der Waals surface area contributed by atoms with Crippen LogP contribution in [0.4, 0.5) is 4.79 Å². The van der Waals surface area contributed by atoms with Gasteiger partial charge in [-0.1, -0.05) is 74.0 Å². The molecule has 1 heterocycles. The lowest BCUT2D eigenvalue weighted by Crippen LogP contribution is -2.43. The number of nitrogens with one attached hydrogen (secondary N) is 3. The minimum absolute atomic E-state index is 0.0538. The highest BCUT2D eigenvalue weighted by Gasteiger charge is 2.32. The summed E-state index contributed by atoms with van der Waals surface area (Å²) in [5, 5.41) is 9.69. The molecule has 0 spiro atoms. The van der Waals surface area contributed by atoms with Gasteiger partial charge in [-0.25, -0.2) is 4.79 Å². The molecule has 138 valence electrons. The molecular formula is C22H29N3O. The van der Waals surface area contributed by atoms with Crippen LogP contribution in [0.3, 0.4) is 0 Å². The fourth-order valence-electron chi connectivity index (χ4n) is 3.72. The average molecular weight is 351 g/mol. The first-order valence-electron chi connectivity index (χ1n) is 9.65. The van der Waals surface area contributed by atoms with Gasteiger partial charge in [-0.15, -0.1) is 0 Å². The Labute approximate surface area is 156 Å². The number of urea groups is 1. The summed E-state index contributed by atoms with van der Waals surface area (Å²) in [7, 11) is 0. The van der Waals surface area contributed by atoms with Crippen LogP contribution in [0.25, 0.3) is 0 Å². The zero-order valence-electron chi connectivity index (χ0n) is 15.4. The summed E-state index contributed by atoms with van der Waals surface area (Å²) in [5.41, 5.74) is 2.62. The van der Waals surface area contributed by atoms with Crippen LogP contribution in [0.5, 0.6) is 0 Å². The smallest absolute Gasteiger partial charge is 0.315 e. The van der Waals surface area contributed by atoms with Crippen molar-refractivity contribution in [2.45, 2.75) is 44.2 Å². The molecule has 0 bridgehead atoms. The number of rotatable bonds is 7. The molecule has 26 heavy (non-hydrogen) atoms. The number of carbonyl (C=O) groups is 1. The Morgan fingerprint density at radius 1 is 1.08 bits per heavy atom. The van der Waals surface area contributed by atoms with Crippen LogP contribution in [0.2, 0.25) is 0 Å². The van der Waals surface area contributed by atoms with Gasteiger partial charge in [0.05, 0.1) is 0 Å². The third-order valence-corrected chi connectivity index (χ3v) is 5.04. The fourth-order valence-corrected chi connectivity index (χ4v) is 3.72. The lowest BCUT2D eigenvalue weighted by atomic mass is 9.84. The predicted molar refractivity (Wildman–Crippen MR) is 106 cm³/mol. The minimum atomic E-state index is -0.0538. The molecule has 3 rings (SSSR count). The van der Waals surface area contributed by atoms with Gasteiger partial charge in [0.15, 0.2) is 0 Å². The van der Waals surface area contributed by atoms with Crippen molar-refractivity contribution in [2.75, 3.05) is 13.1 Å². The maximum absolute atomic E-state index is 12.0. The first-order valence-corrected chi connectivity index (χ1v) is 9.65. The molecule has 0 aliphatic carbocycles. The van der Waals surface area contributed by atoms with E-state index in [-0.39, 0.29) is 18.0 Å². The van der Waals surface area contributed by atoms with Crippen LogP contribution in [0, 0.1) is 0 Å². The van der Waals surface area contributed by atoms with Crippen molar-refractivity contribution in [1.29, 1.82) is 0 Å². The Balaban J connectivity index is 1.66. The predicted octanol–water partition coefficient (Wildman–Crippen LogP) is 3.65. The monoisotopic (exact) mass is 351 g/mol. The molecule has 0 saturated carbocycles. The molecule has 4 heteroatoms. The minimum Gasteiger partial charge on any atom is -0.338 e. The van der Waals surface area contributed by atoms with E-state index in [1.54, 1.807) is 0 Å². The van der Waals surface area contributed by atoms with E-state index < -0.39 is 0 Å². The highest BCUT2D eigenvalue weighted by Crippen LogP contribution is 2.32. The van der Waals surface area contributed by atoms with Crippen molar-refractivity contribution in [3.8, 4) is 0 Å². The SMILES string of the molecule is CCCCNC(=O)N[C@@H]1CNC(C(c2ccccc2)c2ccccc2)C1. The molecule has 2 atom stereocenters. The van der Waals surface area contributed by atoms with Gasteiger partial charge in [-0.3, -0.25) is 0 Å². The summed E-state index contributed by atoms with van der Waals surface area (Å²) >= 11 is 0. The maximum atomic E-state index is 12.0. The van der Waals surface area contributed by atoms with Gasteiger partial charge in [-0.2, -0.15) is 0 Å². The van der Waals surface area contributed by atoms with Crippen LogP contribution in [0.15, 0.2) is 60.7 Å². The standard InChI is InChI=1S/C22H29N3O/c1-2-3-14-23-22(26)25-19-15-20(24-16-19)21(17-10-6-4-7-11-17)18-12-8-5-9-13-18/h4-13,19-21,24H,2-3,14-16H2,1H3,(H2,23,25,26)/t19-,20?/m0/s1. The first-order chi connectivity index (χ1) is 12.8. The third-order valence-electron chi connectivity index (χ3n) is 5.04. The number of carbonyl (C=O) groups excluding carboxylic acids is 1. The lowest BCUT2D eigenvalue weighted by molar-refractivity contribution is 0.237. The molecule has 1 aliphatic rings. The van der Waals surface area contributed by atoms with Crippen LogP contribution in [0.1, 0.15) is 43.2 Å². The van der Waals surface area contributed by atoms with Crippen molar-refractivity contribution in [3.05, 3.63) is 71.8 Å². The second-order valence-electron chi connectivity index (χ2n) is 7.00. The Kier molecular flexibility index (Phi) is 6.67. The summed E-state index contributed by atoms with van der Waals surface area (Å²) in [6.07, 6.45) is 3.03. The van der Waals surface area contributed by atoms with E-state index in [2.05, 4.69) is 83.5 Å². The molecule has 1 unspecified atom stereocenters. The van der Waals surface area contributed by atoms with E-state index in [0.717, 1.165) is 32.4 Å². The van der Waals surface area contributed by atoms with Gasteiger partial charge in [0.1, 0.15) is 0 Å². The van der Waals surface area contributed by atoms with E-state index >= 15 is 0 Å². The highest BCUT2D eigenvalue weighted by atomic mass is 16.2. The van der Waals surface area contributed by atoms with Crippen molar-refractivity contribution >= 4 is 6.03 Å². The van der Waals surface area contributed by atoms with Crippen molar-refractivity contribution in [2.24, 2.45) is 0 Å². The fraction of sp³-hybridized carbons (Fsp3) is 0.409. The zero-order chi connectivity index (χ0) is 18.2. The number of benzene rings is 2. The van der Waals surface area contributed by atoms with Crippen molar-refractivity contribution in [1.82, 2.24) is 16.0 Å². The van der Waals surface area contributed by atoms with Gasteiger partial charge in [0.2, 0.25) is 0 Å². The molecule has 2 aromatic carbocycles. The third kappa shape index (κ3) is 4.85. The highest BCUT2D eigenvalue weighted by molar-refractivity contribution is 5.74. The van der Waals surface area contributed by atoms with Gasteiger partial charge in [-0.05, 0) is 24.0 Å². The molecule has 1 saturated heterocycles. The number of unbranched alkanes of at least 4 members (excludes halogenated alkanes) is 1. The van der Waals surface area contributed by atoms with Gasteiger partial charge in [0.25, 0.3) is 0 Å². The van der Waals surface area contributed by atoms with Crippen LogP contribution in [-0.2, 0) is 0 Å². The molecule has 2 amide bonds. The molecule has 0 radical (unpaired) electrons. The molecule has 1 fully saturated rings. The Morgan fingerprint density at radius 2 is 1.69 bits per heavy atom. The van der Waals surface area contributed by atoms with Gasteiger partial charge in [0, 0.05) is 31.1 Å². The van der Waals surface area contributed by atoms with Gasteiger partial charge >= 0.3 is 6.03 Å². The zero-order valence-corrected chi connectivity index (χ0v) is 15.4. The number of hydrogen-bond donors (Lipinski definition) is 3. The van der Waals surface area contributed by atoms with E-state index in [1.165, 1.54) is 11.1 Å². The van der Waals surface area contributed by atoms with E-state index in [4.69, 9.17) is 0 Å². The second kappa shape index (κ2) is 9.39. The van der Waals surface area contributed by atoms with Crippen molar-refractivity contribution in [3.63, 3.8) is 0 Å². The number of amides is 2. The molecule has 0 aromatic heterocycles. The first kappa shape index (κ1) is 18.5. The number of hydrogen-bond acceptors (Lipinski definition) is 2. The van der Waals surface area contributed by atoms with E-state index in [9.17, 15) is 4.79 Å². The quantitative estimate of drug-likeness (QED) is 0.667. The Morgan fingerprint density at radius 3 is 2.27 bits per heavy atom. The van der Waals surface area contributed by atoms with Crippen LogP contribution < -0.4 is 16.0 Å². The molecular weight excluding hydrogens is 322 g/mol. The van der Waals surface area contributed by atoms with Crippen molar-refractivity contribution < 1.29 is 4.79 Å². The normalized spacial score (nSPS) is 19.5. The van der Waals surface area contributed by atoms with Gasteiger partial charge < -0.3 is 16.0 Å². The summed E-state index contributed by atoms with van der Waals surface area (Å²) in [5.74, 6) is 0.285. The largest absolute Gasteiger partial charge is 0.338 e. The molecule has 1 aliphatic heterocycles. The summed E-state index contributed by atoms with van der Waals surface area (Å²) in [6, 6.07) is 21.7. The maximum Gasteiger partial charge on any atom is 0.315 e. The molecule has 2 aromatic rings.